The number of benzene rings is 2. The molecule has 1 unspecified atom stereocenters. The first-order chi connectivity index (χ1) is 14.6. The number of ketones is 1. The molecule has 1 aliphatic heterocycles. The van der Waals surface area contributed by atoms with Crippen molar-refractivity contribution in [2.75, 3.05) is 6.61 Å². The minimum Gasteiger partial charge on any atom is -0.507 e. The Labute approximate surface area is 182 Å². The summed E-state index contributed by atoms with van der Waals surface area (Å²) in [5.41, 5.74) is 3.02. The molecule has 0 saturated carbocycles. The minimum absolute atomic E-state index is 0.0473. The minimum atomic E-state index is -1.57. The van der Waals surface area contributed by atoms with Gasteiger partial charge in [0.15, 0.2) is 0 Å². The summed E-state index contributed by atoms with van der Waals surface area (Å²) in [6, 6.07) is 4.49. The molecule has 0 aromatic heterocycles. The highest BCUT2D eigenvalue weighted by Crippen LogP contribution is 2.46. The molecule has 0 bridgehead atoms. The van der Waals surface area contributed by atoms with Crippen molar-refractivity contribution in [2.24, 2.45) is 0 Å². The van der Waals surface area contributed by atoms with E-state index >= 15 is 0 Å². The second-order valence-electron chi connectivity index (χ2n) is 8.13. The number of aliphatic hydroxyl groups is 1. The van der Waals surface area contributed by atoms with Crippen molar-refractivity contribution in [3.63, 3.8) is 0 Å². The molecule has 3 N–H and O–H groups in total. The van der Waals surface area contributed by atoms with Crippen molar-refractivity contribution in [1.29, 1.82) is 0 Å². The van der Waals surface area contributed by atoms with Gasteiger partial charge in [-0.2, -0.15) is 0 Å². The van der Waals surface area contributed by atoms with Crippen molar-refractivity contribution in [3.8, 4) is 23.0 Å². The van der Waals surface area contributed by atoms with Gasteiger partial charge in [-0.3, -0.25) is 4.79 Å². The molecule has 6 heteroatoms. The Morgan fingerprint density at radius 3 is 2.55 bits per heavy atom. The summed E-state index contributed by atoms with van der Waals surface area (Å²) in [6.45, 7) is 11.6. The fraction of sp³-hybridized carbons (Fsp3) is 0.320. The van der Waals surface area contributed by atoms with Crippen LogP contribution in [0.2, 0.25) is 0 Å². The van der Waals surface area contributed by atoms with Gasteiger partial charge >= 0.3 is 0 Å². The third kappa shape index (κ3) is 4.44. The van der Waals surface area contributed by atoms with Crippen LogP contribution in [0.3, 0.4) is 0 Å². The van der Waals surface area contributed by atoms with E-state index in [2.05, 4.69) is 6.58 Å². The molecular formula is C25H28O6. The van der Waals surface area contributed by atoms with Crippen LogP contribution in [0.4, 0.5) is 0 Å². The molecule has 6 nitrogen and oxygen atoms in total. The van der Waals surface area contributed by atoms with Crippen LogP contribution >= 0.6 is 0 Å². The third-order valence-corrected chi connectivity index (χ3v) is 5.17. The molecule has 2 aromatic rings. The summed E-state index contributed by atoms with van der Waals surface area (Å²) < 4.78 is 11.7. The van der Waals surface area contributed by atoms with Gasteiger partial charge in [0.1, 0.15) is 35.2 Å². The van der Waals surface area contributed by atoms with Crippen LogP contribution in [0.5, 0.6) is 23.0 Å². The fourth-order valence-corrected chi connectivity index (χ4v) is 3.57. The Morgan fingerprint density at radius 1 is 1.19 bits per heavy atom. The van der Waals surface area contributed by atoms with Crippen LogP contribution in [0.15, 0.2) is 42.0 Å². The zero-order valence-electron chi connectivity index (χ0n) is 18.3. The summed E-state index contributed by atoms with van der Waals surface area (Å²) in [4.78, 5) is 13.5. The molecule has 31 heavy (non-hydrogen) atoms. The largest absolute Gasteiger partial charge is 0.507 e. The average molecular weight is 424 g/mol. The first kappa shape index (κ1) is 22.4. The summed E-state index contributed by atoms with van der Waals surface area (Å²) in [6.07, 6.45) is 1.46. The zero-order chi connectivity index (χ0) is 22.9. The summed E-state index contributed by atoms with van der Waals surface area (Å²) >= 11 is 0. The van der Waals surface area contributed by atoms with Crippen LogP contribution in [0.1, 0.15) is 66.1 Å². The number of allylic oxidation sites excluding steroid dienone is 2. The quantitative estimate of drug-likeness (QED) is 0.572. The van der Waals surface area contributed by atoms with E-state index < -0.39 is 12.1 Å². The molecule has 0 spiro atoms. The molecule has 0 fully saturated rings. The van der Waals surface area contributed by atoms with Crippen LogP contribution < -0.4 is 9.47 Å². The predicted octanol–water partition coefficient (Wildman–Crippen LogP) is 4.87. The second-order valence-corrected chi connectivity index (χ2v) is 8.13. The van der Waals surface area contributed by atoms with Crippen molar-refractivity contribution < 1.29 is 29.6 Å². The number of fused-ring (bicyclic) bond motifs is 2. The number of aliphatic hydroxyl groups excluding tert-OH is 1. The molecule has 1 heterocycles. The van der Waals surface area contributed by atoms with E-state index in [-0.39, 0.29) is 46.3 Å². The van der Waals surface area contributed by atoms with Gasteiger partial charge in [-0.05, 0) is 69.9 Å². The summed E-state index contributed by atoms with van der Waals surface area (Å²) in [7, 11) is 0. The number of hydrogen-bond acceptors (Lipinski definition) is 6. The Kier molecular flexibility index (Phi) is 6.41. The number of rotatable bonds is 6. The molecule has 0 saturated heterocycles. The number of hydrogen-bond donors (Lipinski definition) is 3. The number of carbonyl (C=O) groups excluding carboxylic acids is 1. The standard InChI is InChI=1S/C25H28O6/c1-13(2)6-7-16-8-9-17(26)20-22(28)19-18(27)12-15(5)23(30-11-10-14(3)4)21(19)25(29)31-24(16)20/h8-10,12,25-27,29H,1,6-7,11H2,2-5H3. The lowest BCUT2D eigenvalue weighted by atomic mass is 9.92. The van der Waals surface area contributed by atoms with Crippen LogP contribution in [-0.2, 0) is 6.42 Å². The van der Waals surface area contributed by atoms with Crippen molar-refractivity contribution >= 4 is 5.78 Å². The van der Waals surface area contributed by atoms with E-state index in [1.54, 1.807) is 13.0 Å². The van der Waals surface area contributed by atoms with Crippen molar-refractivity contribution in [3.05, 3.63) is 69.8 Å². The van der Waals surface area contributed by atoms with Gasteiger partial charge in [-0.25, -0.2) is 0 Å². The molecule has 0 radical (unpaired) electrons. The molecule has 1 aliphatic rings. The zero-order valence-corrected chi connectivity index (χ0v) is 18.3. The van der Waals surface area contributed by atoms with Crippen LogP contribution in [-0.4, -0.2) is 27.7 Å². The number of aryl methyl sites for hydroxylation is 2. The summed E-state index contributed by atoms with van der Waals surface area (Å²) in [5, 5.41) is 32.0. The Hall–Kier alpha value is -3.25. The normalized spacial score (nSPS) is 14.7. The van der Waals surface area contributed by atoms with E-state index in [0.717, 1.165) is 11.1 Å². The van der Waals surface area contributed by atoms with Gasteiger partial charge in [0.05, 0.1) is 11.1 Å². The lowest BCUT2D eigenvalue weighted by Gasteiger charge is -2.20. The topological polar surface area (TPSA) is 96.2 Å². The van der Waals surface area contributed by atoms with E-state index in [0.29, 0.717) is 24.0 Å². The molecule has 2 aromatic carbocycles. The Balaban J connectivity index is 2.18. The predicted molar refractivity (Wildman–Crippen MR) is 118 cm³/mol. The average Bonchev–Trinajstić information content (AvgIpc) is 2.78. The Morgan fingerprint density at radius 2 is 1.90 bits per heavy atom. The monoisotopic (exact) mass is 424 g/mol. The second kappa shape index (κ2) is 8.86. The molecular weight excluding hydrogens is 396 g/mol. The highest BCUT2D eigenvalue weighted by Gasteiger charge is 2.36. The molecule has 1 atom stereocenters. The number of phenols is 2. The van der Waals surface area contributed by atoms with Gasteiger partial charge in [0.25, 0.3) is 0 Å². The number of aromatic hydroxyl groups is 2. The van der Waals surface area contributed by atoms with Gasteiger partial charge in [0.2, 0.25) is 12.1 Å². The van der Waals surface area contributed by atoms with Gasteiger partial charge < -0.3 is 24.8 Å². The van der Waals surface area contributed by atoms with E-state index in [1.807, 2.05) is 26.8 Å². The fourth-order valence-electron chi connectivity index (χ4n) is 3.57. The van der Waals surface area contributed by atoms with Gasteiger partial charge in [0, 0.05) is 0 Å². The number of ether oxygens (including phenoxy) is 2. The van der Waals surface area contributed by atoms with Crippen LogP contribution in [0, 0.1) is 6.92 Å². The smallest absolute Gasteiger partial charge is 0.228 e. The Bertz CT molecular complexity index is 1080. The van der Waals surface area contributed by atoms with E-state index in [1.165, 1.54) is 12.1 Å². The lowest BCUT2D eigenvalue weighted by Crippen LogP contribution is -2.13. The molecule has 0 aliphatic carbocycles. The molecule has 3 rings (SSSR count). The first-order valence-electron chi connectivity index (χ1n) is 10.1. The van der Waals surface area contributed by atoms with E-state index in [9.17, 15) is 20.1 Å². The highest BCUT2D eigenvalue weighted by atomic mass is 16.6. The maximum absolute atomic E-state index is 13.5. The maximum Gasteiger partial charge on any atom is 0.228 e. The van der Waals surface area contributed by atoms with Crippen molar-refractivity contribution in [1.82, 2.24) is 0 Å². The lowest BCUT2D eigenvalue weighted by molar-refractivity contribution is -0.0215. The molecule has 164 valence electrons. The SMILES string of the molecule is C=C(C)CCc1ccc(O)c2c1OC(O)c1c(OCC=C(C)C)c(C)cc(O)c1C2=O. The van der Waals surface area contributed by atoms with Crippen molar-refractivity contribution in [2.45, 2.75) is 46.8 Å². The maximum atomic E-state index is 13.5. The van der Waals surface area contributed by atoms with Gasteiger partial charge in [-0.1, -0.05) is 17.2 Å². The molecule has 0 amide bonds. The van der Waals surface area contributed by atoms with Crippen LogP contribution in [0.25, 0.3) is 0 Å². The third-order valence-electron chi connectivity index (χ3n) is 5.17. The summed E-state index contributed by atoms with van der Waals surface area (Å²) in [5.74, 6) is -0.870. The van der Waals surface area contributed by atoms with Gasteiger partial charge in [-0.15, -0.1) is 6.58 Å². The number of carbonyl (C=O) groups is 1. The first-order valence-corrected chi connectivity index (χ1v) is 10.1. The highest BCUT2D eigenvalue weighted by molar-refractivity contribution is 6.16. The number of phenolic OH excluding ortho intramolecular Hbond substituents is 2. The van der Waals surface area contributed by atoms with E-state index in [4.69, 9.17) is 9.47 Å².